The summed E-state index contributed by atoms with van der Waals surface area (Å²) in [4.78, 5) is 4.61. The number of hydrogen-bond donors (Lipinski definition) is 2. The van der Waals surface area contributed by atoms with Crippen LogP contribution in [0.3, 0.4) is 0 Å². The second kappa shape index (κ2) is 11.6. The van der Waals surface area contributed by atoms with Crippen LogP contribution in [-0.4, -0.2) is 53.0 Å². The molecule has 26 heavy (non-hydrogen) atoms. The van der Waals surface area contributed by atoms with E-state index in [9.17, 15) is 0 Å². The Morgan fingerprint density at radius 1 is 1.15 bits per heavy atom. The van der Waals surface area contributed by atoms with Crippen LogP contribution in [-0.2, 0) is 11.2 Å². The van der Waals surface area contributed by atoms with Gasteiger partial charge in [-0.1, -0.05) is 6.07 Å². The molecule has 146 valence electrons. The smallest absolute Gasteiger partial charge is 0.191 e. The first-order valence-electron chi connectivity index (χ1n) is 9.57. The molecule has 1 fully saturated rings. The summed E-state index contributed by atoms with van der Waals surface area (Å²) in [5, 5.41) is 6.66. The molecule has 0 heterocycles. The third-order valence-electron chi connectivity index (χ3n) is 4.27. The first kappa shape index (κ1) is 20.4. The van der Waals surface area contributed by atoms with Gasteiger partial charge >= 0.3 is 0 Å². The Morgan fingerprint density at radius 2 is 1.96 bits per heavy atom. The Hall–Kier alpha value is -1.95. The summed E-state index contributed by atoms with van der Waals surface area (Å²) in [7, 11) is 3.30. The van der Waals surface area contributed by atoms with Crippen LogP contribution in [0.1, 0.15) is 31.7 Å². The maximum absolute atomic E-state index is 5.65. The molecule has 0 saturated heterocycles. The van der Waals surface area contributed by atoms with Crippen molar-refractivity contribution >= 4 is 5.96 Å². The van der Waals surface area contributed by atoms with E-state index in [1.807, 2.05) is 12.1 Å². The van der Waals surface area contributed by atoms with Crippen molar-refractivity contribution in [3.63, 3.8) is 0 Å². The molecule has 6 heteroatoms. The second-order valence-corrected chi connectivity index (χ2v) is 6.50. The zero-order valence-electron chi connectivity index (χ0n) is 16.3. The van der Waals surface area contributed by atoms with Gasteiger partial charge in [0, 0.05) is 32.8 Å². The molecule has 1 saturated carbocycles. The van der Waals surface area contributed by atoms with Crippen LogP contribution in [0.15, 0.2) is 23.2 Å². The van der Waals surface area contributed by atoms with E-state index >= 15 is 0 Å². The predicted molar refractivity (Wildman–Crippen MR) is 105 cm³/mol. The fourth-order valence-electron chi connectivity index (χ4n) is 2.60. The van der Waals surface area contributed by atoms with Crippen molar-refractivity contribution < 1.29 is 14.2 Å². The van der Waals surface area contributed by atoms with Crippen molar-refractivity contribution in [2.24, 2.45) is 10.9 Å². The van der Waals surface area contributed by atoms with Crippen molar-refractivity contribution in [1.29, 1.82) is 0 Å². The van der Waals surface area contributed by atoms with Crippen LogP contribution in [0.25, 0.3) is 0 Å². The lowest BCUT2D eigenvalue weighted by atomic mass is 10.1. The Balaban J connectivity index is 1.70. The molecule has 6 nitrogen and oxygen atoms in total. The number of hydrogen-bond acceptors (Lipinski definition) is 4. The molecule has 1 aliphatic carbocycles. The molecule has 0 aliphatic heterocycles. The van der Waals surface area contributed by atoms with E-state index in [1.165, 1.54) is 18.4 Å². The van der Waals surface area contributed by atoms with E-state index in [4.69, 9.17) is 14.2 Å². The van der Waals surface area contributed by atoms with Crippen molar-refractivity contribution in [3.8, 4) is 11.5 Å². The van der Waals surface area contributed by atoms with Crippen molar-refractivity contribution in [2.45, 2.75) is 32.6 Å². The van der Waals surface area contributed by atoms with Crippen LogP contribution in [0.2, 0.25) is 0 Å². The molecule has 0 spiro atoms. The molecule has 1 aromatic rings. The zero-order chi connectivity index (χ0) is 18.6. The number of nitrogens with one attached hydrogen (secondary N) is 2. The lowest BCUT2D eigenvalue weighted by Gasteiger charge is -2.12. The Kier molecular flexibility index (Phi) is 9.10. The zero-order valence-corrected chi connectivity index (χ0v) is 16.3. The summed E-state index contributed by atoms with van der Waals surface area (Å²) in [6.45, 7) is 6.22. The predicted octanol–water partition coefficient (Wildman–Crippen LogP) is 2.62. The highest BCUT2D eigenvalue weighted by molar-refractivity contribution is 5.79. The standard InChI is InChI=1S/C20H33N3O3/c1-4-21-20(22-11-5-13-26-15-17-6-7-17)23-12-10-16-8-9-18(24-2)19(14-16)25-3/h8-9,14,17H,4-7,10-13,15H2,1-3H3,(H2,21,22,23). The van der Waals surface area contributed by atoms with E-state index in [-0.39, 0.29) is 0 Å². The summed E-state index contributed by atoms with van der Waals surface area (Å²) >= 11 is 0. The number of ether oxygens (including phenoxy) is 3. The van der Waals surface area contributed by atoms with Crippen molar-refractivity contribution in [3.05, 3.63) is 23.8 Å². The van der Waals surface area contributed by atoms with Gasteiger partial charge in [-0.3, -0.25) is 4.99 Å². The van der Waals surface area contributed by atoms with Crippen LogP contribution in [0, 0.1) is 5.92 Å². The molecule has 2 rings (SSSR count). The van der Waals surface area contributed by atoms with Gasteiger partial charge in [0.1, 0.15) is 0 Å². The monoisotopic (exact) mass is 363 g/mol. The maximum atomic E-state index is 5.65. The largest absolute Gasteiger partial charge is 0.493 e. The maximum Gasteiger partial charge on any atom is 0.191 e. The molecular weight excluding hydrogens is 330 g/mol. The molecule has 0 aromatic heterocycles. The number of guanidine groups is 1. The Bertz CT molecular complexity index is 559. The summed E-state index contributed by atoms with van der Waals surface area (Å²) < 4.78 is 16.3. The van der Waals surface area contributed by atoms with E-state index in [0.29, 0.717) is 0 Å². The third kappa shape index (κ3) is 7.52. The molecule has 1 aromatic carbocycles. The molecular formula is C20H33N3O3. The van der Waals surface area contributed by atoms with Crippen LogP contribution in [0.4, 0.5) is 0 Å². The molecule has 0 unspecified atom stereocenters. The van der Waals surface area contributed by atoms with E-state index in [0.717, 1.165) is 69.1 Å². The summed E-state index contributed by atoms with van der Waals surface area (Å²) in [6.07, 6.45) is 4.52. The van der Waals surface area contributed by atoms with Crippen molar-refractivity contribution in [2.75, 3.05) is 47.1 Å². The quantitative estimate of drug-likeness (QED) is 0.340. The van der Waals surface area contributed by atoms with E-state index in [1.54, 1.807) is 14.2 Å². The van der Waals surface area contributed by atoms with E-state index < -0.39 is 0 Å². The minimum absolute atomic E-state index is 0.753. The van der Waals surface area contributed by atoms with Gasteiger partial charge in [-0.05, 0) is 56.2 Å². The Labute approximate surface area is 157 Å². The first-order valence-corrected chi connectivity index (χ1v) is 9.57. The molecule has 0 radical (unpaired) electrons. The molecule has 0 atom stereocenters. The first-order chi connectivity index (χ1) is 12.8. The third-order valence-corrected chi connectivity index (χ3v) is 4.27. The van der Waals surface area contributed by atoms with Gasteiger partial charge in [-0.25, -0.2) is 0 Å². The fourth-order valence-corrected chi connectivity index (χ4v) is 2.60. The summed E-state index contributed by atoms with van der Waals surface area (Å²) in [5.74, 6) is 3.20. The van der Waals surface area contributed by atoms with Gasteiger partial charge in [0.25, 0.3) is 0 Å². The van der Waals surface area contributed by atoms with Gasteiger partial charge in [-0.2, -0.15) is 0 Å². The highest BCUT2D eigenvalue weighted by Gasteiger charge is 2.20. The molecule has 0 bridgehead atoms. The lowest BCUT2D eigenvalue weighted by Crippen LogP contribution is -2.38. The molecule has 2 N–H and O–H groups in total. The average Bonchev–Trinajstić information content (AvgIpc) is 3.48. The van der Waals surface area contributed by atoms with E-state index in [2.05, 4.69) is 28.6 Å². The number of rotatable bonds is 12. The van der Waals surface area contributed by atoms with Gasteiger partial charge in [0.15, 0.2) is 17.5 Å². The van der Waals surface area contributed by atoms with Crippen LogP contribution < -0.4 is 20.1 Å². The van der Waals surface area contributed by atoms with Gasteiger partial charge < -0.3 is 24.8 Å². The van der Waals surface area contributed by atoms with Gasteiger partial charge in [0.2, 0.25) is 0 Å². The van der Waals surface area contributed by atoms with Crippen molar-refractivity contribution in [1.82, 2.24) is 10.6 Å². The van der Waals surface area contributed by atoms with Gasteiger partial charge in [0.05, 0.1) is 14.2 Å². The van der Waals surface area contributed by atoms with Gasteiger partial charge in [-0.15, -0.1) is 0 Å². The summed E-state index contributed by atoms with van der Waals surface area (Å²) in [6, 6.07) is 6.02. The van der Waals surface area contributed by atoms with Crippen LogP contribution >= 0.6 is 0 Å². The second-order valence-electron chi connectivity index (χ2n) is 6.50. The highest BCUT2D eigenvalue weighted by Crippen LogP contribution is 2.29. The summed E-state index contributed by atoms with van der Waals surface area (Å²) in [5.41, 5.74) is 1.19. The lowest BCUT2D eigenvalue weighted by molar-refractivity contribution is 0.123. The molecule has 1 aliphatic rings. The molecule has 0 amide bonds. The Morgan fingerprint density at radius 3 is 2.65 bits per heavy atom. The number of methoxy groups -OCH3 is 2. The number of aliphatic imine (C=N–C) groups is 1. The minimum Gasteiger partial charge on any atom is -0.493 e. The number of benzene rings is 1. The fraction of sp³-hybridized carbons (Fsp3) is 0.650. The SMILES string of the molecule is CCNC(=NCCCOCC1CC1)NCCc1ccc(OC)c(OC)c1. The number of nitrogens with zero attached hydrogens (tertiary/aromatic N) is 1. The minimum atomic E-state index is 0.753. The highest BCUT2D eigenvalue weighted by atomic mass is 16.5. The van der Waals surface area contributed by atoms with Crippen LogP contribution in [0.5, 0.6) is 11.5 Å². The normalized spacial score (nSPS) is 14.2. The topological polar surface area (TPSA) is 64.1 Å². The average molecular weight is 364 g/mol.